The maximum Gasteiger partial charge on any atom is 0.146 e. The normalized spacial score (nSPS) is 33.0. The van der Waals surface area contributed by atoms with Gasteiger partial charge in [0, 0.05) is 6.42 Å². The molecule has 0 saturated heterocycles. The van der Waals surface area contributed by atoms with Crippen LogP contribution in [0.3, 0.4) is 0 Å². The summed E-state index contributed by atoms with van der Waals surface area (Å²) in [6, 6.07) is 0. The van der Waals surface area contributed by atoms with Gasteiger partial charge in [0.15, 0.2) is 0 Å². The number of unbranched alkanes of at least 4 members (excludes halogenated alkanes) is 3. The molecule has 1 saturated carbocycles. The predicted molar refractivity (Wildman–Crippen MR) is 80.8 cm³/mol. The Hall–Kier alpha value is -1.03. The van der Waals surface area contributed by atoms with Crippen LogP contribution in [-0.4, -0.2) is 28.1 Å². The van der Waals surface area contributed by atoms with Crippen molar-refractivity contribution >= 4 is 17.3 Å². The van der Waals surface area contributed by atoms with Crippen molar-refractivity contribution in [3.8, 4) is 0 Å². The van der Waals surface area contributed by atoms with Crippen molar-refractivity contribution in [2.45, 2.75) is 71.8 Å². The van der Waals surface area contributed by atoms with Crippen LogP contribution in [0.5, 0.6) is 0 Å². The number of carbonyl (C=O) groups is 3. The number of aliphatic hydroxyl groups is 1. The highest BCUT2D eigenvalue weighted by atomic mass is 16.3. The summed E-state index contributed by atoms with van der Waals surface area (Å²) >= 11 is 0. The molecule has 0 aromatic carbocycles. The molecule has 0 aliphatic heterocycles. The van der Waals surface area contributed by atoms with Crippen molar-refractivity contribution in [1.82, 2.24) is 0 Å². The smallest absolute Gasteiger partial charge is 0.146 e. The van der Waals surface area contributed by atoms with E-state index in [1.165, 1.54) is 13.8 Å². The zero-order valence-electron chi connectivity index (χ0n) is 13.6. The Bertz CT molecular complexity index is 411. The van der Waals surface area contributed by atoms with Crippen molar-refractivity contribution in [2.24, 2.45) is 17.8 Å². The van der Waals surface area contributed by atoms with E-state index in [2.05, 4.69) is 6.92 Å². The highest BCUT2D eigenvalue weighted by Gasteiger charge is 2.52. The molecule has 0 spiro atoms. The van der Waals surface area contributed by atoms with Crippen molar-refractivity contribution in [3.63, 3.8) is 0 Å². The lowest BCUT2D eigenvalue weighted by molar-refractivity contribution is -0.156. The summed E-state index contributed by atoms with van der Waals surface area (Å²) in [4.78, 5) is 36.1. The maximum atomic E-state index is 12.2. The van der Waals surface area contributed by atoms with Crippen LogP contribution < -0.4 is 0 Å². The first-order valence-electron chi connectivity index (χ1n) is 7.98. The van der Waals surface area contributed by atoms with Crippen LogP contribution in [0.25, 0.3) is 0 Å². The van der Waals surface area contributed by atoms with Crippen molar-refractivity contribution in [1.29, 1.82) is 0 Å². The lowest BCUT2D eigenvalue weighted by Gasteiger charge is -2.44. The van der Waals surface area contributed by atoms with E-state index in [1.54, 1.807) is 6.92 Å². The molecule has 120 valence electrons. The molecule has 21 heavy (non-hydrogen) atoms. The molecular formula is C17H28O4. The van der Waals surface area contributed by atoms with Gasteiger partial charge in [0.25, 0.3) is 0 Å². The Morgan fingerprint density at radius 3 is 2.29 bits per heavy atom. The quantitative estimate of drug-likeness (QED) is 0.579. The number of carbonyl (C=O) groups excluding carboxylic acids is 3. The van der Waals surface area contributed by atoms with E-state index < -0.39 is 17.4 Å². The molecule has 0 unspecified atom stereocenters. The molecular weight excluding hydrogens is 268 g/mol. The van der Waals surface area contributed by atoms with Crippen molar-refractivity contribution in [3.05, 3.63) is 0 Å². The molecule has 0 aromatic heterocycles. The summed E-state index contributed by atoms with van der Waals surface area (Å²) < 4.78 is 0. The van der Waals surface area contributed by atoms with Gasteiger partial charge in [0.05, 0.1) is 17.4 Å². The summed E-state index contributed by atoms with van der Waals surface area (Å²) in [6.45, 7) is 6.53. The van der Waals surface area contributed by atoms with Gasteiger partial charge in [-0.1, -0.05) is 32.6 Å². The maximum absolute atomic E-state index is 12.2. The summed E-state index contributed by atoms with van der Waals surface area (Å²) in [5.74, 6) is -2.22. The molecule has 0 aromatic rings. The van der Waals surface area contributed by atoms with E-state index in [4.69, 9.17) is 0 Å². The molecule has 4 nitrogen and oxygen atoms in total. The Balaban J connectivity index is 3.00. The average molecular weight is 296 g/mol. The predicted octanol–water partition coefficient (Wildman–Crippen LogP) is 2.71. The molecule has 1 rings (SSSR count). The van der Waals surface area contributed by atoms with Crippen LogP contribution in [0, 0.1) is 17.8 Å². The van der Waals surface area contributed by atoms with Gasteiger partial charge in [-0.3, -0.25) is 14.4 Å². The number of Topliss-reactive ketones (excluding diaryl/α,β-unsaturated/α-hetero) is 3. The second-order valence-electron chi connectivity index (χ2n) is 6.69. The Morgan fingerprint density at radius 1 is 1.19 bits per heavy atom. The van der Waals surface area contributed by atoms with Crippen molar-refractivity contribution < 1.29 is 19.5 Å². The van der Waals surface area contributed by atoms with E-state index in [9.17, 15) is 19.5 Å². The van der Waals surface area contributed by atoms with Gasteiger partial charge in [-0.25, -0.2) is 0 Å². The molecule has 1 N–H and O–H groups in total. The minimum Gasteiger partial charge on any atom is -0.389 e. The van der Waals surface area contributed by atoms with Crippen LogP contribution in [0.1, 0.15) is 66.2 Å². The van der Waals surface area contributed by atoms with E-state index in [0.717, 1.165) is 25.7 Å². The fraction of sp³-hybridized carbons (Fsp3) is 0.824. The Labute approximate surface area is 127 Å². The molecule has 0 radical (unpaired) electrons. The summed E-state index contributed by atoms with van der Waals surface area (Å²) in [5.41, 5.74) is -1.33. The molecule has 4 heteroatoms. The summed E-state index contributed by atoms with van der Waals surface area (Å²) in [7, 11) is 0. The third kappa shape index (κ3) is 4.22. The monoisotopic (exact) mass is 296 g/mol. The first-order valence-corrected chi connectivity index (χ1v) is 7.98. The fourth-order valence-corrected chi connectivity index (χ4v) is 3.87. The zero-order chi connectivity index (χ0) is 16.2. The van der Waals surface area contributed by atoms with Crippen LogP contribution in [0.2, 0.25) is 0 Å². The third-order valence-electron chi connectivity index (χ3n) is 4.67. The van der Waals surface area contributed by atoms with E-state index in [-0.39, 0.29) is 29.7 Å². The first kappa shape index (κ1) is 18.0. The number of hydrogen-bond donors (Lipinski definition) is 1. The molecule has 1 aliphatic rings. The Morgan fingerprint density at radius 2 is 1.81 bits per heavy atom. The lowest BCUT2D eigenvalue weighted by Crippen LogP contribution is -2.55. The van der Waals surface area contributed by atoms with Gasteiger partial charge >= 0.3 is 0 Å². The molecule has 1 aliphatic carbocycles. The molecule has 0 heterocycles. The topological polar surface area (TPSA) is 71.4 Å². The highest BCUT2D eigenvalue weighted by molar-refractivity contribution is 6.04. The van der Waals surface area contributed by atoms with Gasteiger partial charge in [0.2, 0.25) is 0 Å². The van der Waals surface area contributed by atoms with E-state index in [1.807, 2.05) is 0 Å². The van der Waals surface area contributed by atoms with E-state index >= 15 is 0 Å². The SMILES string of the molecule is CCCCCC[C@@H]1[C@H](C(C)=O)C(=O)C[C@](C)(O)[C@H]1C(C)=O. The Kier molecular flexibility index (Phi) is 6.26. The van der Waals surface area contributed by atoms with Gasteiger partial charge in [-0.05, 0) is 33.1 Å². The van der Waals surface area contributed by atoms with Crippen LogP contribution in [-0.2, 0) is 14.4 Å². The first-order chi connectivity index (χ1) is 9.72. The van der Waals surface area contributed by atoms with Crippen LogP contribution in [0.4, 0.5) is 0 Å². The largest absolute Gasteiger partial charge is 0.389 e. The zero-order valence-corrected chi connectivity index (χ0v) is 13.6. The van der Waals surface area contributed by atoms with Gasteiger partial charge < -0.3 is 5.11 Å². The molecule has 0 bridgehead atoms. The van der Waals surface area contributed by atoms with Gasteiger partial charge in [0.1, 0.15) is 17.3 Å². The minimum absolute atomic E-state index is 0.104. The number of rotatable bonds is 7. The fourth-order valence-electron chi connectivity index (χ4n) is 3.87. The molecule has 0 amide bonds. The van der Waals surface area contributed by atoms with E-state index in [0.29, 0.717) is 6.42 Å². The standard InChI is InChI=1S/C17H28O4/c1-5-6-7-8-9-13-15(11(2)18)14(20)10-17(4,21)16(13)12(3)19/h13,15-16,21H,5-10H2,1-4H3/t13-,15+,16+,17+/m1/s1. The van der Waals surface area contributed by atoms with Crippen LogP contribution in [0.15, 0.2) is 0 Å². The van der Waals surface area contributed by atoms with Gasteiger partial charge in [-0.2, -0.15) is 0 Å². The second kappa shape index (κ2) is 7.30. The average Bonchev–Trinajstić information content (AvgIpc) is 2.31. The summed E-state index contributed by atoms with van der Waals surface area (Å²) in [6.07, 6.45) is 4.66. The van der Waals surface area contributed by atoms with Gasteiger partial charge in [-0.15, -0.1) is 0 Å². The number of ketones is 3. The van der Waals surface area contributed by atoms with Crippen LogP contribution >= 0.6 is 0 Å². The molecule has 4 atom stereocenters. The molecule has 1 fully saturated rings. The second-order valence-corrected chi connectivity index (χ2v) is 6.69. The lowest BCUT2D eigenvalue weighted by atomic mass is 9.60. The summed E-state index contributed by atoms with van der Waals surface area (Å²) in [5, 5.41) is 10.5. The minimum atomic E-state index is -1.33. The number of hydrogen-bond acceptors (Lipinski definition) is 4. The third-order valence-corrected chi connectivity index (χ3v) is 4.67. The highest BCUT2D eigenvalue weighted by Crippen LogP contribution is 2.43. The van der Waals surface area contributed by atoms with Crippen molar-refractivity contribution in [2.75, 3.05) is 0 Å².